The van der Waals surface area contributed by atoms with Crippen LogP contribution in [0.1, 0.15) is 0 Å². The Balaban J connectivity index is 1.12. The average Bonchev–Trinajstić information content (AvgIpc) is 3.41. The SMILES string of the molecule is COc1ccc(-c2nnc3ccc(OCCNC(=O)COc4ccc(-c5ccccc5)cc4)nn23)c(OC)c1. The van der Waals surface area contributed by atoms with Crippen molar-refractivity contribution in [2.24, 2.45) is 0 Å². The number of carbonyl (C=O) groups is 1. The number of aromatic nitrogens is 4. The van der Waals surface area contributed by atoms with Crippen molar-refractivity contribution in [3.8, 4) is 45.6 Å². The van der Waals surface area contributed by atoms with E-state index in [1.54, 1.807) is 36.9 Å². The van der Waals surface area contributed by atoms with E-state index in [2.05, 4.69) is 20.6 Å². The topological polar surface area (TPSA) is 109 Å². The van der Waals surface area contributed by atoms with Crippen molar-refractivity contribution in [1.29, 1.82) is 0 Å². The van der Waals surface area contributed by atoms with Crippen molar-refractivity contribution in [2.45, 2.75) is 0 Å². The molecule has 0 fully saturated rings. The highest BCUT2D eigenvalue weighted by Gasteiger charge is 2.16. The van der Waals surface area contributed by atoms with Crippen LogP contribution in [-0.4, -0.2) is 59.7 Å². The minimum Gasteiger partial charge on any atom is -0.497 e. The zero-order chi connectivity index (χ0) is 27.0. The highest BCUT2D eigenvalue weighted by atomic mass is 16.5. The van der Waals surface area contributed by atoms with Crippen LogP contribution in [0.15, 0.2) is 84.9 Å². The molecule has 0 bridgehead atoms. The third-order valence-corrected chi connectivity index (χ3v) is 5.89. The maximum atomic E-state index is 12.2. The normalized spacial score (nSPS) is 10.7. The number of hydrogen-bond acceptors (Lipinski definition) is 8. The number of methoxy groups -OCH3 is 2. The predicted molar refractivity (Wildman–Crippen MR) is 145 cm³/mol. The van der Waals surface area contributed by atoms with Crippen LogP contribution in [0.4, 0.5) is 0 Å². The number of fused-ring (bicyclic) bond motifs is 1. The molecule has 198 valence electrons. The molecular weight excluding hydrogens is 498 g/mol. The monoisotopic (exact) mass is 525 g/mol. The maximum absolute atomic E-state index is 12.2. The van der Waals surface area contributed by atoms with Crippen molar-refractivity contribution in [2.75, 3.05) is 34.0 Å². The van der Waals surface area contributed by atoms with Gasteiger partial charge in [0.25, 0.3) is 5.91 Å². The Morgan fingerprint density at radius 2 is 1.59 bits per heavy atom. The fourth-order valence-corrected chi connectivity index (χ4v) is 3.92. The lowest BCUT2D eigenvalue weighted by atomic mass is 10.1. The summed E-state index contributed by atoms with van der Waals surface area (Å²) in [6, 6.07) is 26.5. The first-order chi connectivity index (χ1) is 19.1. The molecule has 0 aliphatic rings. The summed E-state index contributed by atoms with van der Waals surface area (Å²) in [5.41, 5.74) is 3.46. The summed E-state index contributed by atoms with van der Waals surface area (Å²) in [5.74, 6) is 2.47. The van der Waals surface area contributed by atoms with E-state index >= 15 is 0 Å². The van der Waals surface area contributed by atoms with Gasteiger partial charge in [-0.15, -0.1) is 15.3 Å². The van der Waals surface area contributed by atoms with Crippen LogP contribution < -0.4 is 24.3 Å². The number of carbonyl (C=O) groups excluding carboxylic acids is 1. The van der Waals surface area contributed by atoms with E-state index in [9.17, 15) is 4.79 Å². The van der Waals surface area contributed by atoms with Gasteiger partial charge in [-0.3, -0.25) is 4.79 Å². The number of ether oxygens (including phenoxy) is 4. The first-order valence-corrected chi connectivity index (χ1v) is 12.3. The molecule has 10 heteroatoms. The van der Waals surface area contributed by atoms with Gasteiger partial charge in [-0.2, -0.15) is 4.52 Å². The van der Waals surface area contributed by atoms with Gasteiger partial charge in [-0.1, -0.05) is 42.5 Å². The van der Waals surface area contributed by atoms with E-state index in [4.69, 9.17) is 18.9 Å². The number of amides is 1. The molecule has 2 heterocycles. The highest BCUT2D eigenvalue weighted by molar-refractivity contribution is 5.77. The van der Waals surface area contributed by atoms with E-state index in [-0.39, 0.29) is 25.7 Å². The lowest BCUT2D eigenvalue weighted by molar-refractivity contribution is -0.123. The number of nitrogens with one attached hydrogen (secondary N) is 1. The first-order valence-electron chi connectivity index (χ1n) is 12.3. The smallest absolute Gasteiger partial charge is 0.258 e. The van der Waals surface area contributed by atoms with Gasteiger partial charge < -0.3 is 24.3 Å². The summed E-state index contributed by atoms with van der Waals surface area (Å²) in [7, 11) is 3.16. The van der Waals surface area contributed by atoms with Crippen molar-refractivity contribution < 1.29 is 23.7 Å². The van der Waals surface area contributed by atoms with Gasteiger partial charge in [0.15, 0.2) is 18.1 Å². The number of benzene rings is 3. The van der Waals surface area contributed by atoms with Gasteiger partial charge in [0.2, 0.25) is 5.88 Å². The standard InChI is InChI=1S/C29H27N5O5/c1-36-23-12-13-24(25(18-23)37-2)29-32-31-26-14-15-28(33-34(26)29)38-17-16-30-27(35)19-39-22-10-8-21(9-11-22)20-6-4-3-5-7-20/h3-15,18H,16-17,19H2,1-2H3,(H,30,35). The van der Waals surface area contributed by atoms with E-state index in [0.29, 0.717) is 40.2 Å². The summed E-state index contributed by atoms with van der Waals surface area (Å²) in [6.45, 7) is 0.415. The van der Waals surface area contributed by atoms with Crippen LogP contribution in [-0.2, 0) is 4.79 Å². The van der Waals surface area contributed by atoms with Crippen LogP contribution in [0.2, 0.25) is 0 Å². The number of rotatable bonds is 11. The zero-order valence-corrected chi connectivity index (χ0v) is 21.5. The minimum atomic E-state index is -0.248. The van der Waals surface area contributed by atoms with Crippen LogP contribution in [0.25, 0.3) is 28.2 Å². The molecule has 2 aromatic heterocycles. The quantitative estimate of drug-likeness (QED) is 0.257. The average molecular weight is 526 g/mol. The van der Waals surface area contributed by atoms with Gasteiger partial charge in [0, 0.05) is 12.1 Å². The summed E-state index contributed by atoms with van der Waals surface area (Å²) in [6.07, 6.45) is 0. The minimum absolute atomic E-state index is 0.0946. The molecule has 1 N–H and O–H groups in total. The highest BCUT2D eigenvalue weighted by Crippen LogP contribution is 2.32. The molecular formula is C29H27N5O5. The first kappa shape index (κ1) is 25.5. The summed E-state index contributed by atoms with van der Waals surface area (Å²) >= 11 is 0. The molecule has 10 nitrogen and oxygen atoms in total. The zero-order valence-electron chi connectivity index (χ0n) is 21.5. The molecule has 0 atom stereocenters. The van der Waals surface area contributed by atoms with Gasteiger partial charge >= 0.3 is 0 Å². The van der Waals surface area contributed by atoms with Crippen molar-refractivity contribution >= 4 is 11.6 Å². The summed E-state index contributed by atoms with van der Waals surface area (Å²) in [5, 5.41) is 15.7. The second-order valence-electron chi connectivity index (χ2n) is 8.41. The van der Waals surface area contributed by atoms with E-state index in [0.717, 1.165) is 11.1 Å². The number of hydrogen-bond donors (Lipinski definition) is 1. The molecule has 0 saturated carbocycles. The second kappa shape index (κ2) is 12.0. The summed E-state index contributed by atoms with van der Waals surface area (Å²) in [4.78, 5) is 12.2. The lowest BCUT2D eigenvalue weighted by Gasteiger charge is -2.10. The molecule has 1 amide bonds. The second-order valence-corrected chi connectivity index (χ2v) is 8.41. The molecule has 0 saturated heterocycles. The summed E-state index contributed by atoms with van der Waals surface area (Å²) < 4.78 is 23.7. The van der Waals surface area contributed by atoms with E-state index in [1.807, 2.05) is 66.7 Å². The van der Waals surface area contributed by atoms with Gasteiger partial charge in [-0.25, -0.2) is 0 Å². The molecule has 0 aliphatic carbocycles. The Morgan fingerprint density at radius 3 is 2.36 bits per heavy atom. The third-order valence-electron chi connectivity index (χ3n) is 5.89. The van der Waals surface area contributed by atoms with Gasteiger partial charge in [-0.05, 0) is 41.5 Å². The Morgan fingerprint density at radius 1 is 0.821 bits per heavy atom. The van der Waals surface area contributed by atoms with Crippen molar-refractivity contribution in [3.63, 3.8) is 0 Å². The molecule has 5 aromatic rings. The fraction of sp³-hybridized carbons (Fsp3) is 0.172. The molecule has 0 spiro atoms. The van der Waals surface area contributed by atoms with Crippen molar-refractivity contribution in [3.05, 3.63) is 84.9 Å². The van der Waals surface area contributed by atoms with E-state index in [1.165, 1.54) is 0 Å². The number of nitrogens with zero attached hydrogens (tertiary/aromatic N) is 4. The Kier molecular flexibility index (Phi) is 7.82. The van der Waals surface area contributed by atoms with Crippen LogP contribution in [0, 0.1) is 0 Å². The third kappa shape index (κ3) is 6.07. The fourth-order valence-electron chi connectivity index (χ4n) is 3.92. The molecule has 0 radical (unpaired) electrons. The van der Waals surface area contributed by atoms with Crippen LogP contribution in [0.3, 0.4) is 0 Å². The van der Waals surface area contributed by atoms with Crippen LogP contribution >= 0.6 is 0 Å². The maximum Gasteiger partial charge on any atom is 0.258 e. The Labute approximate surface area is 225 Å². The lowest BCUT2D eigenvalue weighted by Crippen LogP contribution is -2.32. The Bertz CT molecular complexity index is 1550. The van der Waals surface area contributed by atoms with E-state index < -0.39 is 0 Å². The largest absolute Gasteiger partial charge is 0.497 e. The van der Waals surface area contributed by atoms with Crippen LogP contribution in [0.5, 0.6) is 23.1 Å². The predicted octanol–water partition coefficient (Wildman–Crippen LogP) is 4.05. The molecule has 39 heavy (non-hydrogen) atoms. The Hall–Kier alpha value is -5.12. The van der Waals surface area contributed by atoms with Gasteiger partial charge in [0.1, 0.15) is 23.9 Å². The van der Waals surface area contributed by atoms with Gasteiger partial charge in [0.05, 0.1) is 26.3 Å². The molecule has 0 unspecified atom stereocenters. The molecule has 0 aliphatic heterocycles. The molecule has 3 aromatic carbocycles. The van der Waals surface area contributed by atoms with Crippen molar-refractivity contribution in [1.82, 2.24) is 25.1 Å². The molecule has 5 rings (SSSR count).